The van der Waals surface area contributed by atoms with Gasteiger partial charge in [0.25, 0.3) is 11.6 Å². The molecule has 1 unspecified atom stereocenters. The first kappa shape index (κ1) is 21.1. The summed E-state index contributed by atoms with van der Waals surface area (Å²) in [6.45, 7) is 2.83. The third-order valence-electron chi connectivity index (χ3n) is 4.56. The van der Waals surface area contributed by atoms with E-state index in [1.54, 1.807) is 19.1 Å². The first-order chi connectivity index (χ1) is 15.3. The topological polar surface area (TPSA) is 107 Å². The summed E-state index contributed by atoms with van der Waals surface area (Å²) in [7, 11) is 0. The number of carbonyl (C=O) groups is 2. The summed E-state index contributed by atoms with van der Waals surface area (Å²) in [4.78, 5) is 29.4. The first-order valence-corrected chi connectivity index (χ1v) is 9.22. The van der Waals surface area contributed by atoms with E-state index in [0.29, 0.717) is 17.5 Å². The second-order valence-electron chi connectivity index (χ2n) is 6.74. The molecule has 1 amide bonds. The van der Waals surface area contributed by atoms with Gasteiger partial charge in [0.2, 0.25) is 0 Å². The van der Waals surface area contributed by atoms with E-state index >= 15 is 0 Å². The maximum atomic E-state index is 13.8. The van der Waals surface area contributed by atoms with Gasteiger partial charge < -0.3 is 19.0 Å². The van der Waals surface area contributed by atoms with Gasteiger partial charge >= 0.3 is 5.97 Å². The number of fused-ring (bicyclic) bond motifs is 1. The van der Waals surface area contributed by atoms with Gasteiger partial charge in [0.05, 0.1) is 28.6 Å². The van der Waals surface area contributed by atoms with Crippen LogP contribution in [-0.2, 0) is 9.53 Å². The molecule has 0 fully saturated rings. The number of aromatic nitrogens is 2. The molecule has 0 aliphatic heterocycles. The van der Waals surface area contributed by atoms with Gasteiger partial charge in [-0.1, -0.05) is 5.16 Å². The van der Waals surface area contributed by atoms with Crippen LogP contribution in [0.4, 0.5) is 18.9 Å². The SMILES string of the molecule is Cc1noc2nc(-c3ccco3)cc(C(=O)OC(C)C(=O)Nc3ccc(F)c(F)c3F)c12. The zero-order chi connectivity index (χ0) is 23.0. The van der Waals surface area contributed by atoms with Crippen LogP contribution in [0.25, 0.3) is 22.6 Å². The molecule has 0 spiro atoms. The average Bonchev–Trinajstić information content (AvgIpc) is 3.44. The first-order valence-electron chi connectivity index (χ1n) is 9.22. The largest absolute Gasteiger partial charge is 0.463 e. The van der Waals surface area contributed by atoms with Crippen molar-refractivity contribution in [1.82, 2.24) is 10.1 Å². The van der Waals surface area contributed by atoms with Crippen molar-refractivity contribution >= 4 is 28.7 Å². The van der Waals surface area contributed by atoms with E-state index in [1.165, 1.54) is 19.3 Å². The summed E-state index contributed by atoms with van der Waals surface area (Å²) in [6.07, 6.45) is 0.0137. The van der Waals surface area contributed by atoms with Gasteiger partial charge in [0.1, 0.15) is 5.69 Å². The number of esters is 1. The number of nitrogens with zero attached hydrogens (tertiary/aromatic N) is 2. The zero-order valence-corrected chi connectivity index (χ0v) is 16.6. The molecule has 0 saturated heterocycles. The lowest BCUT2D eigenvalue weighted by Crippen LogP contribution is -2.30. The Balaban J connectivity index is 1.59. The summed E-state index contributed by atoms with van der Waals surface area (Å²) in [5.74, 6) is -6.23. The molecule has 32 heavy (non-hydrogen) atoms. The van der Waals surface area contributed by atoms with Gasteiger partial charge in [-0.25, -0.2) is 22.9 Å². The molecular weight excluding hydrogens is 431 g/mol. The maximum absolute atomic E-state index is 13.8. The fourth-order valence-corrected chi connectivity index (χ4v) is 2.94. The predicted molar refractivity (Wildman–Crippen MR) is 104 cm³/mol. The summed E-state index contributed by atoms with van der Waals surface area (Å²) in [6, 6.07) is 6.16. The van der Waals surface area contributed by atoms with Crippen LogP contribution >= 0.6 is 0 Å². The Morgan fingerprint density at radius 2 is 1.94 bits per heavy atom. The van der Waals surface area contributed by atoms with Crippen molar-refractivity contribution in [2.45, 2.75) is 20.0 Å². The quantitative estimate of drug-likeness (QED) is 0.359. The van der Waals surface area contributed by atoms with E-state index in [-0.39, 0.29) is 22.4 Å². The Labute approximate surface area is 178 Å². The highest BCUT2D eigenvalue weighted by molar-refractivity contribution is 6.05. The highest BCUT2D eigenvalue weighted by atomic mass is 19.2. The van der Waals surface area contributed by atoms with Gasteiger partial charge in [-0.15, -0.1) is 0 Å². The molecule has 0 aliphatic carbocycles. The van der Waals surface area contributed by atoms with Crippen LogP contribution in [-0.4, -0.2) is 28.1 Å². The molecule has 1 N–H and O–H groups in total. The molecule has 164 valence electrons. The number of benzene rings is 1. The number of hydrogen-bond donors (Lipinski definition) is 1. The normalized spacial score (nSPS) is 12.0. The second kappa shape index (κ2) is 8.17. The molecule has 3 aromatic heterocycles. The van der Waals surface area contributed by atoms with Crippen molar-refractivity contribution in [2.24, 2.45) is 0 Å². The van der Waals surface area contributed by atoms with Crippen LogP contribution < -0.4 is 5.32 Å². The number of nitrogens with one attached hydrogen (secondary N) is 1. The van der Waals surface area contributed by atoms with Crippen LogP contribution in [0.1, 0.15) is 23.0 Å². The van der Waals surface area contributed by atoms with Crippen LogP contribution in [0.5, 0.6) is 0 Å². The molecule has 11 heteroatoms. The van der Waals surface area contributed by atoms with Crippen molar-refractivity contribution in [3.05, 3.63) is 65.3 Å². The minimum absolute atomic E-state index is 0.0128. The highest BCUT2D eigenvalue weighted by Gasteiger charge is 2.26. The average molecular weight is 445 g/mol. The minimum atomic E-state index is -1.74. The van der Waals surface area contributed by atoms with Crippen molar-refractivity contribution in [1.29, 1.82) is 0 Å². The van der Waals surface area contributed by atoms with Crippen LogP contribution in [0, 0.1) is 24.4 Å². The molecule has 3 heterocycles. The molecule has 0 radical (unpaired) electrons. The number of furan rings is 1. The van der Waals surface area contributed by atoms with E-state index < -0.39 is 41.1 Å². The lowest BCUT2D eigenvalue weighted by atomic mass is 10.1. The van der Waals surface area contributed by atoms with E-state index in [0.717, 1.165) is 6.07 Å². The molecule has 8 nitrogen and oxygen atoms in total. The lowest BCUT2D eigenvalue weighted by molar-refractivity contribution is -0.123. The van der Waals surface area contributed by atoms with Gasteiger partial charge in [-0.05, 0) is 44.2 Å². The number of anilines is 1. The Kier molecular flexibility index (Phi) is 5.39. The van der Waals surface area contributed by atoms with Gasteiger partial charge in [-0.3, -0.25) is 4.79 Å². The van der Waals surface area contributed by atoms with Crippen LogP contribution in [0.2, 0.25) is 0 Å². The highest BCUT2D eigenvalue weighted by Crippen LogP contribution is 2.28. The number of amides is 1. The molecule has 4 rings (SSSR count). The Morgan fingerprint density at radius 1 is 1.16 bits per heavy atom. The Hall–Kier alpha value is -4.15. The number of ether oxygens (including phenoxy) is 1. The lowest BCUT2D eigenvalue weighted by Gasteiger charge is -2.14. The standard InChI is InChI=1S/C21H14F3N3O5/c1-9-16-11(8-14(15-4-3-7-30-15)26-20(16)32-27-9)21(29)31-10(2)19(28)25-13-6-5-12(22)17(23)18(13)24/h3-8,10H,1-2H3,(H,25,28). The summed E-state index contributed by atoms with van der Waals surface area (Å²) < 4.78 is 55.9. The van der Waals surface area contributed by atoms with E-state index in [9.17, 15) is 22.8 Å². The summed E-state index contributed by atoms with van der Waals surface area (Å²) in [5, 5.41) is 6.13. The number of aryl methyl sites for hydroxylation is 1. The maximum Gasteiger partial charge on any atom is 0.339 e. The summed E-state index contributed by atoms with van der Waals surface area (Å²) >= 11 is 0. The number of carbonyl (C=O) groups excluding carboxylic acids is 2. The van der Waals surface area contributed by atoms with Crippen LogP contribution in [0.15, 0.2) is 45.5 Å². The molecule has 0 bridgehead atoms. The Morgan fingerprint density at radius 3 is 2.66 bits per heavy atom. The summed E-state index contributed by atoms with van der Waals surface area (Å²) in [5.41, 5.74) is 0.110. The van der Waals surface area contributed by atoms with Gasteiger partial charge in [0, 0.05) is 0 Å². The molecular formula is C21H14F3N3O5. The van der Waals surface area contributed by atoms with E-state index in [2.05, 4.69) is 15.5 Å². The Bertz CT molecular complexity index is 1330. The van der Waals surface area contributed by atoms with Crippen molar-refractivity contribution in [3.8, 4) is 11.5 Å². The third-order valence-corrected chi connectivity index (χ3v) is 4.56. The number of rotatable bonds is 5. The van der Waals surface area contributed by atoms with Crippen LogP contribution in [0.3, 0.4) is 0 Å². The van der Waals surface area contributed by atoms with Crippen molar-refractivity contribution in [2.75, 3.05) is 5.32 Å². The smallest absolute Gasteiger partial charge is 0.339 e. The third kappa shape index (κ3) is 3.80. The van der Waals surface area contributed by atoms with Crippen molar-refractivity contribution in [3.63, 3.8) is 0 Å². The molecule has 0 aliphatic rings. The van der Waals surface area contributed by atoms with Gasteiger partial charge in [0.15, 0.2) is 29.3 Å². The van der Waals surface area contributed by atoms with Gasteiger partial charge in [-0.2, -0.15) is 0 Å². The molecule has 4 aromatic rings. The zero-order valence-electron chi connectivity index (χ0n) is 16.6. The molecule has 0 saturated carbocycles. The monoisotopic (exact) mass is 445 g/mol. The number of halogens is 3. The second-order valence-corrected chi connectivity index (χ2v) is 6.74. The fraction of sp³-hybridized carbons (Fsp3) is 0.143. The fourth-order valence-electron chi connectivity index (χ4n) is 2.94. The molecule has 1 atom stereocenters. The number of hydrogen-bond acceptors (Lipinski definition) is 7. The predicted octanol–water partition coefficient (Wildman–Crippen LogP) is 4.39. The minimum Gasteiger partial charge on any atom is -0.463 e. The molecule has 1 aromatic carbocycles. The number of pyridine rings is 1. The van der Waals surface area contributed by atoms with E-state index in [1.807, 2.05) is 0 Å². The van der Waals surface area contributed by atoms with Crippen molar-refractivity contribution < 1.29 is 36.4 Å². The van der Waals surface area contributed by atoms with E-state index in [4.69, 9.17) is 13.7 Å².